The molecule has 1 atom stereocenters. The van der Waals surface area contributed by atoms with Gasteiger partial charge in [-0.3, -0.25) is 4.79 Å². The molecule has 0 spiro atoms. The standard InChI is InChI=1S/C42H49ClN2O8/c1-47-34-19-15-28(13-14-29-24-38(49-3)40(51-5)39(25-29)50-4)23-37(34)53-22-12-10-8-6-7-9-11-21-52-35-20-16-30(26-36(35)48-2)41-44-33-18-17-31(43)27-32(33)42(46)45-41/h13-20,23-27,41,44H,6-12,21-22H2,1-5H3,(H,45,46)/b14-13+. The molecule has 0 aliphatic carbocycles. The van der Waals surface area contributed by atoms with Crippen molar-refractivity contribution in [2.24, 2.45) is 0 Å². The Bertz CT molecular complexity index is 1840. The number of rotatable bonds is 20. The number of halogens is 1. The Morgan fingerprint density at radius 3 is 1.79 bits per heavy atom. The van der Waals surface area contributed by atoms with Gasteiger partial charge in [0.25, 0.3) is 5.91 Å². The number of carbonyl (C=O) groups is 1. The minimum atomic E-state index is -0.393. The Hall–Kier alpha value is -5.22. The Kier molecular flexibility index (Phi) is 14.4. The molecule has 0 fully saturated rings. The van der Waals surface area contributed by atoms with E-state index >= 15 is 0 Å². The van der Waals surface area contributed by atoms with Crippen molar-refractivity contribution in [1.82, 2.24) is 5.32 Å². The van der Waals surface area contributed by atoms with Crippen LogP contribution in [0.1, 0.15) is 78.2 Å². The van der Waals surface area contributed by atoms with Crippen LogP contribution in [-0.4, -0.2) is 54.7 Å². The highest BCUT2D eigenvalue weighted by molar-refractivity contribution is 6.31. The van der Waals surface area contributed by atoms with Crippen molar-refractivity contribution in [1.29, 1.82) is 0 Å². The van der Waals surface area contributed by atoms with Gasteiger partial charge in [-0.2, -0.15) is 0 Å². The molecule has 2 N–H and O–H groups in total. The number of hydrogen-bond acceptors (Lipinski definition) is 9. The van der Waals surface area contributed by atoms with Crippen molar-refractivity contribution in [3.05, 3.63) is 94.0 Å². The summed E-state index contributed by atoms with van der Waals surface area (Å²) < 4.78 is 39.7. The van der Waals surface area contributed by atoms with Gasteiger partial charge in [0.15, 0.2) is 34.5 Å². The molecular weight excluding hydrogens is 696 g/mol. The number of anilines is 1. The minimum absolute atomic E-state index is 0.180. The van der Waals surface area contributed by atoms with Crippen molar-refractivity contribution in [2.45, 2.75) is 51.1 Å². The van der Waals surface area contributed by atoms with E-state index in [-0.39, 0.29) is 5.91 Å². The summed E-state index contributed by atoms with van der Waals surface area (Å²) in [6, 6.07) is 20.7. The molecule has 1 unspecified atom stereocenters. The molecule has 0 saturated heterocycles. The van der Waals surface area contributed by atoms with E-state index in [2.05, 4.69) is 10.6 Å². The molecule has 4 aromatic carbocycles. The van der Waals surface area contributed by atoms with Crippen LogP contribution in [0.4, 0.5) is 5.69 Å². The molecule has 0 saturated carbocycles. The number of ether oxygens (including phenoxy) is 7. The third kappa shape index (κ3) is 10.4. The summed E-state index contributed by atoms with van der Waals surface area (Å²) in [7, 11) is 8.07. The Morgan fingerprint density at radius 1 is 0.566 bits per heavy atom. The Balaban J connectivity index is 0.988. The molecule has 282 valence electrons. The van der Waals surface area contributed by atoms with Crippen LogP contribution in [0.15, 0.2) is 66.7 Å². The molecule has 53 heavy (non-hydrogen) atoms. The van der Waals surface area contributed by atoms with Crippen LogP contribution in [0.3, 0.4) is 0 Å². The average Bonchev–Trinajstić information content (AvgIpc) is 3.18. The first-order valence-corrected chi connectivity index (χ1v) is 18.2. The molecule has 1 aliphatic heterocycles. The van der Waals surface area contributed by atoms with Gasteiger partial charge in [-0.05, 0) is 84.1 Å². The van der Waals surface area contributed by atoms with E-state index in [1.165, 1.54) is 0 Å². The number of fused-ring (bicyclic) bond motifs is 1. The molecule has 11 heteroatoms. The van der Waals surface area contributed by atoms with Gasteiger partial charge >= 0.3 is 0 Å². The van der Waals surface area contributed by atoms with Crippen LogP contribution >= 0.6 is 11.6 Å². The predicted molar refractivity (Wildman–Crippen MR) is 210 cm³/mol. The smallest absolute Gasteiger partial charge is 0.255 e. The third-order valence-electron chi connectivity index (χ3n) is 8.97. The topological polar surface area (TPSA) is 106 Å². The molecule has 10 nitrogen and oxygen atoms in total. The maximum atomic E-state index is 12.7. The first-order chi connectivity index (χ1) is 25.9. The monoisotopic (exact) mass is 744 g/mol. The molecule has 1 aliphatic rings. The molecular formula is C42H49ClN2O8. The molecule has 1 amide bonds. The summed E-state index contributed by atoms with van der Waals surface area (Å²) in [5.41, 5.74) is 4.02. The maximum Gasteiger partial charge on any atom is 0.255 e. The van der Waals surface area contributed by atoms with E-state index in [0.717, 1.165) is 73.1 Å². The summed E-state index contributed by atoms with van der Waals surface area (Å²) in [6.45, 7) is 1.23. The number of unbranched alkanes of at least 4 members (excludes halogenated alkanes) is 6. The van der Waals surface area contributed by atoms with Crippen molar-refractivity contribution >= 4 is 35.3 Å². The quantitative estimate of drug-likeness (QED) is 0.0676. The van der Waals surface area contributed by atoms with Crippen molar-refractivity contribution in [3.63, 3.8) is 0 Å². The zero-order chi connectivity index (χ0) is 37.6. The van der Waals surface area contributed by atoms with Crippen LogP contribution in [-0.2, 0) is 0 Å². The molecule has 1 heterocycles. The normalized spacial score (nSPS) is 13.5. The van der Waals surface area contributed by atoms with Crippen molar-refractivity contribution < 1.29 is 38.0 Å². The molecule has 0 bridgehead atoms. The third-order valence-corrected chi connectivity index (χ3v) is 9.20. The number of hydrogen-bond donors (Lipinski definition) is 2. The van der Waals surface area contributed by atoms with Crippen LogP contribution in [0, 0.1) is 0 Å². The molecule has 0 radical (unpaired) electrons. The van der Waals surface area contributed by atoms with E-state index < -0.39 is 6.17 Å². The van der Waals surface area contributed by atoms with E-state index in [1.807, 2.05) is 66.7 Å². The fraction of sp³-hybridized carbons (Fsp3) is 0.357. The number of nitrogens with one attached hydrogen (secondary N) is 2. The lowest BCUT2D eigenvalue weighted by molar-refractivity contribution is 0.0935. The van der Waals surface area contributed by atoms with Gasteiger partial charge < -0.3 is 43.8 Å². The van der Waals surface area contributed by atoms with Gasteiger partial charge in [-0.25, -0.2) is 0 Å². The van der Waals surface area contributed by atoms with E-state index in [0.29, 0.717) is 58.3 Å². The number of carbonyl (C=O) groups excluding carboxylic acids is 1. The van der Waals surface area contributed by atoms with Gasteiger partial charge in [0.1, 0.15) is 6.17 Å². The molecule has 5 rings (SSSR count). The second-order valence-corrected chi connectivity index (χ2v) is 13.0. The summed E-state index contributed by atoms with van der Waals surface area (Å²) in [5.74, 6) is 4.32. The lowest BCUT2D eigenvalue weighted by atomic mass is 10.1. The first kappa shape index (κ1) is 39.0. The van der Waals surface area contributed by atoms with Crippen LogP contribution in [0.5, 0.6) is 40.2 Å². The fourth-order valence-electron chi connectivity index (χ4n) is 6.13. The predicted octanol–water partition coefficient (Wildman–Crippen LogP) is 9.60. The Labute approximate surface area is 317 Å². The van der Waals surface area contributed by atoms with E-state index in [9.17, 15) is 4.79 Å². The number of methoxy groups -OCH3 is 5. The highest BCUT2D eigenvalue weighted by Crippen LogP contribution is 2.39. The summed E-state index contributed by atoms with van der Waals surface area (Å²) in [5, 5.41) is 6.85. The van der Waals surface area contributed by atoms with Crippen LogP contribution in [0.25, 0.3) is 12.2 Å². The number of amides is 1. The maximum absolute atomic E-state index is 12.7. The van der Waals surface area contributed by atoms with Crippen LogP contribution in [0.2, 0.25) is 5.02 Å². The molecule has 4 aromatic rings. The zero-order valence-electron chi connectivity index (χ0n) is 31.1. The lowest BCUT2D eigenvalue weighted by Gasteiger charge is -2.28. The minimum Gasteiger partial charge on any atom is -0.493 e. The second kappa shape index (κ2) is 19.6. The summed E-state index contributed by atoms with van der Waals surface area (Å²) in [4.78, 5) is 12.7. The van der Waals surface area contributed by atoms with Gasteiger partial charge in [-0.1, -0.05) is 68.0 Å². The lowest BCUT2D eigenvalue weighted by Crippen LogP contribution is -2.38. The second-order valence-electron chi connectivity index (χ2n) is 12.5. The summed E-state index contributed by atoms with van der Waals surface area (Å²) >= 11 is 6.06. The average molecular weight is 745 g/mol. The van der Waals surface area contributed by atoms with E-state index in [4.69, 9.17) is 44.8 Å². The fourth-order valence-corrected chi connectivity index (χ4v) is 6.30. The Morgan fingerprint density at radius 2 is 1.15 bits per heavy atom. The van der Waals surface area contributed by atoms with Crippen LogP contribution < -0.4 is 43.8 Å². The summed E-state index contributed by atoms with van der Waals surface area (Å²) in [6.07, 6.45) is 11.2. The van der Waals surface area contributed by atoms with Gasteiger partial charge in [0.2, 0.25) is 5.75 Å². The highest BCUT2D eigenvalue weighted by atomic mass is 35.5. The SMILES string of the molecule is COc1cc(C2NC(=O)c3cc(Cl)ccc3N2)ccc1OCCCCCCCCCOc1cc(/C=C/c2cc(OC)c(OC)c(OC)c2)ccc1OC. The van der Waals surface area contributed by atoms with Gasteiger partial charge in [0.05, 0.1) is 54.3 Å². The molecule has 0 aromatic heterocycles. The van der Waals surface area contributed by atoms with Crippen molar-refractivity contribution in [3.8, 4) is 40.2 Å². The van der Waals surface area contributed by atoms with Gasteiger partial charge in [-0.15, -0.1) is 0 Å². The highest BCUT2D eigenvalue weighted by Gasteiger charge is 2.25. The first-order valence-electron chi connectivity index (χ1n) is 17.8. The number of benzene rings is 4. The van der Waals surface area contributed by atoms with Gasteiger partial charge in [0, 0.05) is 10.7 Å². The van der Waals surface area contributed by atoms with Crippen molar-refractivity contribution in [2.75, 3.05) is 54.1 Å². The van der Waals surface area contributed by atoms with E-state index in [1.54, 1.807) is 47.7 Å². The largest absolute Gasteiger partial charge is 0.493 e. The zero-order valence-corrected chi connectivity index (χ0v) is 31.8.